The molecule has 1 aromatic heterocycles. The summed E-state index contributed by atoms with van der Waals surface area (Å²) in [7, 11) is 1.63. The minimum absolute atomic E-state index is 0.0860. The lowest BCUT2D eigenvalue weighted by molar-refractivity contribution is -0.116. The maximum absolute atomic E-state index is 11.3. The number of likely N-dealkylation sites (N-methyl/N-ethyl adjacent to an activating group) is 1. The molecule has 0 bridgehead atoms. The molecular weight excluding hydrogens is 346 g/mol. The van der Waals surface area contributed by atoms with Gasteiger partial charge in [0, 0.05) is 25.5 Å². The highest BCUT2D eigenvalue weighted by Gasteiger charge is 2.32. The fourth-order valence-corrected chi connectivity index (χ4v) is 3.69. The summed E-state index contributed by atoms with van der Waals surface area (Å²) < 4.78 is 2.21. The molecule has 0 radical (unpaired) electrons. The summed E-state index contributed by atoms with van der Waals surface area (Å²) >= 11 is 0. The number of aromatic nitrogens is 2. The molecule has 1 aliphatic carbocycles. The van der Waals surface area contributed by atoms with E-state index >= 15 is 0 Å². The second-order valence-electron chi connectivity index (χ2n) is 8.15. The molecule has 150 valence electrons. The first-order chi connectivity index (χ1) is 13.2. The van der Waals surface area contributed by atoms with Crippen LogP contribution in [0.3, 0.4) is 0 Å². The summed E-state index contributed by atoms with van der Waals surface area (Å²) in [6.45, 7) is 10.9. The number of rotatable bonds is 6. The molecule has 0 saturated heterocycles. The Morgan fingerprint density at radius 1 is 1.29 bits per heavy atom. The topological polar surface area (TPSA) is 46.9 Å². The van der Waals surface area contributed by atoms with Gasteiger partial charge in [0.2, 0.25) is 5.91 Å². The van der Waals surface area contributed by atoms with Gasteiger partial charge < -0.3 is 9.88 Å². The van der Waals surface area contributed by atoms with Crippen LogP contribution in [0.1, 0.15) is 53.5 Å². The van der Waals surface area contributed by atoms with Crippen molar-refractivity contribution in [2.45, 2.75) is 53.5 Å². The number of hydrogen-bond donors (Lipinski definition) is 1. The zero-order chi connectivity index (χ0) is 20.7. The first-order valence-corrected chi connectivity index (χ1v) is 9.86. The van der Waals surface area contributed by atoms with Gasteiger partial charge in [-0.1, -0.05) is 49.8 Å². The Labute approximate surface area is 169 Å². The number of carbonyl (C=O) groups is 1. The molecular formula is C24H33N3O. The third kappa shape index (κ3) is 5.69. The Morgan fingerprint density at radius 3 is 2.68 bits per heavy atom. The molecule has 2 rings (SSSR count). The molecule has 1 atom stereocenters. The van der Waals surface area contributed by atoms with E-state index in [1.54, 1.807) is 13.1 Å². The molecule has 28 heavy (non-hydrogen) atoms. The predicted molar refractivity (Wildman–Crippen MR) is 117 cm³/mol. The van der Waals surface area contributed by atoms with E-state index in [1.807, 2.05) is 31.6 Å². The zero-order valence-electron chi connectivity index (χ0n) is 18.0. The SMILES string of the molecule is CNC(=O)/C=C(C)/C=C/C=C(C)/C=C/C1=C(C)C(n2ccnc2)CCC1(C)C. The Morgan fingerprint density at radius 2 is 2.04 bits per heavy atom. The molecule has 0 saturated carbocycles. The molecule has 1 unspecified atom stereocenters. The van der Waals surface area contributed by atoms with Gasteiger partial charge in [0.15, 0.2) is 0 Å². The second kappa shape index (κ2) is 9.54. The molecule has 1 aromatic rings. The maximum atomic E-state index is 11.3. The zero-order valence-corrected chi connectivity index (χ0v) is 18.0. The van der Waals surface area contributed by atoms with Gasteiger partial charge in [-0.05, 0) is 55.7 Å². The van der Waals surface area contributed by atoms with E-state index < -0.39 is 0 Å². The summed E-state index contributed by atoms with van der Waals surface area (Å²) in [5.74, 6) is -0.0860. The van der Waals surface area contributed by atoms with Crippen LogP contribution in [0.4, 0.5) is 0 Å². The van der Waals surface area contributed by atoms with Gasteiger partial charge in [0.05, 0.1) is 12.4 Å². The fourth-order valence-electron chi connectivity index (χ4n) is 3.69. The summed E-state index contributed by atoms with van der Waals surface area (Å²) in [4.78, 5) is 15.6. The van der Waals surface area contributed by atoms with Crippen molar-refractivity contribution in [2.24, 2.45) is 5.41 Å². The van der Waals surface area contributed by atoms with Crippen LogP contribution >= 0.6 is 0 Å². The highest BCUT2D eigenvalue weighted by Crippen LogP contribution is 2.45. The van der Waals surface area contributed by atoms with Crippen LogP contribution in [0.2, 0.25) is 0 Å². The van der Waals surface area contributed by atoms with Crippen LogP contribution in [0, 0.1) is 5.41 Å². The second-order valence-corrected chi connectivity index (χ2v) is 8.15. The van der Waals surface area contributed by atoms with Gasteiger partial charge in [-0.15, -0.1) is 0 Å². The van der Waals surface area contributed by atoms with Crippen molar-refractivity contribution in [1.29, 1.82) is 0 Å². The summed E-state index contributed by atoms with van der Waals surface area (Å²) in [5, 5.41) is 2.59. The van der Waals surface area contributed by atoms with Crippen molar-refractivity contribution in [2.75, 3.05) is 7.05 Å². The monoisotopic (exact) mass is 379 g/mol. The van der Waals surface area contributed by atoms with E-state index in [0.717, 1.165) is 18.4 Å². The standard InChI is InChI=1S/C24H33N3O/c1-18(8-7-9-19(2)16-23(28)25-6)10-11-21-20(3)22(12-13-24(21,4)5)27-15-14-26-17-27/h7-11,14-17,22H,12-13H2,1-6H3,(H,25,28)/b9-7+,11-10+,18-8+,19-16+. The molecule has 0 spiro atoms. The van der Waals surface area contributed by atoms with Crippen molar-refractivity contribution in [1.82, 2.24) is 14.9 Å². The van der Waals surface area contributed by atoms with Gasteiger partial charge in [0.1, 0.15) is 0 Å². The number of allylic oxidation sites excluding steroid dienone is 9. The molecule has 4 nitrogen and oxygen atoms in total. The summed E-state index contributed by atoms with van der Waals surface area (Å²) in [5.41, 5.74) is 5.08. The lowest BCUT2D eigenvalue weighted by Crippen LogP contribution is -2.25. The molecule has 1 amide bonds. The van der Waals surface area contributed by atoms with Crippen molar-refractivity contribution in [3.8, 4) is 0 Å². The molecule has 0 aromatic carbocycles. The van der Waals surface area contributed by atoms with Crippen molar-refractivity contribution in [3.63, 3.8) is 0 Å². The molecule has 0 aliphatic heterocycles. The minimum Gasteiger partial charge on any atom is -0.356 e. The first-order valence-electron chi connectivity index (χ1n) is 9.86. The van der Waals surface area contributed by atoms with Gasteiger partial charge in [-0.2, -0.15) is 0 Å². The van der Waals surface area contributed by atoms with Crippen LogP contribution in [0.25, 0.3) is 0 Å². The number of carbonyl (C=O) groups excluding carboxylic acids is 1. The van der Waals surface area contributed by atoms with E-state index in [4.69, 9.17) is 0 Å². The Bertz CT molecular complexity index is 833. The van der Waals surface area contributed by atoms with Crippen molar-refractivity contribution < 1.29 is 4.79 Å². The van der Waals surface area contributed by atoms with E-state index in [-0.39, 0.29) is 11.3 Å². The highest BCUT2D eigenvalue weighted by molar-refractivity contribution is 5.88. The van der Waals surface area contributed by atoms with Gasteiger partial charge in [0.25, 0.3) is 0 Å². The van der Waals surface area contributed by atoms with Gasteiger partial charge >= 0.3 is 0 Å². The predicted octanol–water partition coefficient (Wildman–Crippen LogP) is 5.31. The number of nitrogens with one attached hydrogen (secondary N) is 1. The Kier molecular flexibility index (Phi) is 7.38. The normalized spacial score (nSPS) is 21.0. The lowest BCUT2D eigenvalue weighted by atomic mass is 9.71. The van der Waals surface area contributed by atoms with Crippen LogP contribution in [0.5, 0.6) is 0 Å². The average Bonchev–Trinajstić information content (AvgIpc) is 3.15. The van der Waals surface area contributed by atoms with Crippen molar-refractivity contribution >= 4 is 5.91 Å². The number of hydrogen-bond acceptors (Lipinski definition) is 2. The minimum atomic E-state index is -0.0860. The highest BCUT2D eigenvalue weighted by atomic mass is 16.1. The van der Waals surface area contributed by atoms with E-state index in [0.29, 0.717) is 6.04 Å². The van der Waals surface area contributed by atoms with Crippen LogP contribution < -0.4 is 5.32 Å². The Balaban J connectivity index is 2.18. The summed E-state index contributed by atoms with van der Waals surface area (Å²) in [6.07, 6.45) is 20.1. The molecule has 0 fully saturated rings. The van der Waals surface area contributed by atoms with Crippen molar-refractivity contribution in [3.05, 3.63) is 77.5 Å². The van der Waals surface area contributed by atoms with E-state index in [2.05, 4.69) is 67.0 Å². The molecule has 1 N–H and O–H groups in total. The van der Waals surface area contributed by atoms with E-state index in [9.17, 15) is 4.79 Å². The Hall–Kier alpha value is -2.62. The molecule has 1 heterocycles. The smallest absolute Gasteiger partial charge is 0.243 e. The number of amides is 1. The number of imidazole rings is 1. The van der Waals surface area contributed by atoms with Gasteiger partial charge in [-0.3, -0.25) is 4.79 Å². The summed E-state index contributed by atoms with van der Waals surface area (Å²) in [6, 6.07) is 0.386. The largest absolute Gasteiger partial charge is 0.356 e. The molecule has 1 aliphatic rings. The van der Waals surface area contributed by atoms with E-state index in [1.165, 1.54) is 16.7 Å². The fraction of sp³-hybridized carbons (Fsp3) is 0.417. The maximum Gasteiger partial charge on any atom is 0.243 e. The molecule has 4 heteroatoms. The number of nitrogens with zero attached hydrogens (tertiary/aromatic N) is 2. The average molecular weight is 380 g/mol. The first kappa shape index (κ1) is 21.7. The third-order valence-electron chi connectivity index (χ3n) is 5.42. The van der Waals surface area contributed by atoms with Crippen LogP contribution in [0.15, 0.2) is 77.5 Å². The van der Waals surface area contributed by atoms with Crippen LogP contribution in [-0.4, -0.2) is 22.5 Å². The van der Waals surface area contributed by atoms with Crippen LogP contribution in [-0.2, 0) is 4.79 Å². The van der Waals surface area contributed by atoms with Gasteiger partial charge in [-0.25, -0.2) is 4.98 Å². The quantitative estimate of drug-likeness (QED) is 0.538. The third-order valence-corrected chi connectivity index (χ3v) is 5.42. The lowest BCUT2D eigenvalue weighted by Gasteiger charge is -2.37.